The Morgan fingerprint density at radius 3 is 2.50 bits per heavy atom. The first-order valence-corrected chi connectivity index (χ1v) is 9.04. The molecule has 0 spiro atoms. The summed E-state index contributed by atoms with van der Waals surface area (Å²) in [5, 5.41) is 0.494. The summed E-state index contributed by atoms with van der Waals surface area (Å²) in [6.45, 7) is 7.37. The number of hydrogen-bond acceptors (Lipinski definition) is 4. The van der Waals surface area contributed by atoms with Gasteiger partial charge in [0.2, 0.25) is 0 Å². The second kappa shape index (κ2) is 7.53. The molecule has 7 heteroatoms. The fourth-order valence-electron chi connectivity index (χ4n) is 1.83. The highest BCUT2D eigenvalue weighted by molar-refractivity contribution is 9.10. The molecule has 22 heavy (non-hydrogen) atoms. The summed E-state index contributed by atoms with van der Waals surface area (Å²) >= 11 is 8.32. The topological polar surface area (TPSA) is 61.4 Å². The number of benzene rings is 1. The zero-order valence-corrected chi connectivity index (χ0v) is 16.5. The smallest absolute Gasteiger partial charge is 0.307 e. The molecule has 0 heterocycles. The SMILES string of the molecule is COC(=O)C[C@](C)(N[S+]([O-])C(C)(C)C)c1cc(Br)ccc1Cl. The van der Waals surface area contributed by atoms with Gasteiger partial charge in [-0.25, -0.2) is 0 Å². The number of carbonyl (C=O) groups excluding carboxylic acids is 1. The highest BCUT2D eigenvalue weighted by Crippen LogP contribution is 2.35. The van der Waals surface area contributed by atoms with E-state index in [0.29, 0.717) is 10.6 Å². The Morgan fingerprint density at radius 2 is 2.00 bits per heavy atom. The maximum absolute atomic E-state index is 12.5. The van der Waals surface area contributed by atoms with Crippen molar-refractivity contribution in [3.8, 4) is 0 Å². The van der Waals surface area contributed by atoms with Gasteiger partial charge in [-0.15, -0.1) is 4.72 Å². The van der Waals surface area contributed by atoms with E-state index in [1.165, 1.54) is 7.11 Å². The van der Waals surface area contributed by atoms with Crippen molar-refractivity contribution in [3.05, 3.63) is 33.3 Å². The van der Waals surface area contributed by atoms with Crippen LogP contribution in [0.4, 0.5) is 0 Å². The van der Waals surface area contributed by atoms with Gasteiger partial charge in [0.25, 0.3) is 0 Å². The molecule has 0 aromatic heterocycles. The van der Waals surface area contributed by atoms with Crippen LogP contribution in [0.5, 0.6) is 0 Å². The zero-order chi connectivity index (χ0) is 17.1. The predicted octanol–water partition coefficient (Wildman–Crippen LogP) is 3.93. The second-order valence-corrected chi connectivity index (χ2v) is 9.48. The van der Waals surface area contributed by atoms with Crippen molar-refractivity contribution >= 4 is 44.9 Å². The Bertz CT molecular complexity index is 550. The highest BCUT2D eigenvalue weighted by Gasteiger charge is 2.40. The van der Waals surface area contributed by atoms with E-state index in [1.54, 1.807) is 13.0 Å². The molecule has 0 aliphatic rings. The third-order valence-electron chi connectivity index (χ3n) is 3.12. The quantitative estimate of drug-likeness (QED) is 0.590. The number of methoxy groups -OCH3 is 1. The van der Waals surface area contributed by atoms with E-state index in [1.807, 2.05) is 32.9 Å². The van der Waals surface area contributed by atoms with Gasteiger partial charge in [-0.05, 0) is 51.5 Å². The molecule has 124 valence electrons. The van der Waals surface area contributed by atoms with Gasteiger partial charge in [-0.2, -0.15) is 0 Å². The van der Waals surface area contributed by atoms with E-state index < -0.39 is 27.6 Å². The molecule has 0 fully saturated rings. The Hall–Kier alpha value is -0.270. The third-order valence-corrected chi connectivity index (χ3v) is 5.69. The number of ether oxygens (including phenoxy) is 1. The molecule has 1 N–H and O–H groups in total. The number of carbonyl (C=O) groups is 1. The first-order chi connectivity index (χ1) is 9.99. The van der Waals surface area contributed by atoms with Crippen LogP contribution >= 0.6 is 27.5 Å². The zero-order valence-electron chi connectivity index (χ0n) is 13.3. The summed E-state index contributed by atoms with van der Waals surface area (Å²) in [4.78, 5) is 11.8. The van der Waals surface area contributed by atoms with Crippen molar-refractivity contribution in [2.45, 2.75) is 44.4 Å². The van der Waals surface area contributed by atoms with Crippen molar-refractivity contribution in [2.24, 2.45) is 0 Å². The van der Waals surface area contributed by atoms with Crippen molar-refractivity contribution in [1.82, 2.24) is 4.72 Å². The molecule has 0 amide bonds. The number of nitrogens with one attached hydrogen (secondary N) is 1. The van der Waals surface area contributed by atoms with Crippen LogP contribution in [0.3, 0.4) is 0 Å². The minimum Gasteiger partial charge on any atom is -0.598 e. The molecule has 2 atom stereocenters. The van der Waals surface area contributed by atoms with Gasteiger partial charge >= 0.3 is 5.97 Å². The largest absolute Gasteiger partial charge is 0.598 e. The second-order valence-electron chi connectivity index (χ2n) is 6.19. The van der Waals surface area contributed by atoms with Gasteiger partial charge in [-0.1, -0.05) is 27.5 Å². The maximum atomic E-state index is 12.5. The molecule has 1 aromatic rings. The van der Waals surface area contributed by atoms with Gasteiger partial charge in [-0.3, -0.25) is 4.79 Å². The first kappa shape index (κ1) is 19.8. The van der Waals surface area contributed by atoms with Crippen LogP contribution in [-0.2, 0) is 26.4 Å². The average Bonchev–Trinajstić information content (AvgIpc) is 2.40. The first-order valence-electron chi connectivity index (χ1n) is 6.71. The molecular weight excluding hydrogens is 390 g/mol. The average molecular weight is 411 g/mol. The van der Waals surface area contributed by atoms with E-state index in [0.717, 1.165) is 4.47 Å². The lowest BCUT2D eigenvalue weighted by atomic mass is 9.90. The molecule has 0 saturated heterocycles. The van der Waals surface area contributed by atoms with Gasteiger partial charge in [0.15, 0.2) is 0 Å². The fourth-order valence-corrected chi connectivity index (χ4v) is 3.41. The molecule has 0 bridgehead atoms. The fraction of sp³-hybridized carbons (Fsp3) is 0.533. The normalized spacial score (nSPS) is 16.0. The van der Waals surface area contributed by atoms with Crippen LogP contribution in [0.1, 0.15) is 39.7 Å². The van der Waals surface area contributed by atoms with Gasteiger partial charge in [0.1, 0.15) is 4.75 Å². The molecule has 1 aromatic carbocycles. The summed E-state index contributed by atoms with van der Waals surface area (Å²) in [6.07, 6.45) is 0.0154. The Morgan fingerprint density at radius 1 is 1.41 bits per heavy atom. The van der Waals surface area contributed by atoms with E-state index in [9.17, 15) is 9.35 Å². The standard InChI is InChI=1S/C15H21BrClNO3S/c1-14(2,3)22(20)18-15(4,9-13(19)21-5)11-8-10(16)6-7-12(11)17/h6-8,18H,9H2,1-5H3/t15-,22?/m0/s1. The van der Waals surface area contributed by atoms with Crippen molar-refractivity contribution in [2.75, 3.05) is 7.11 Å². The third kappa shape index (κ3) is 5.13. The van der Waals surface area contributed by atoms with Crippen LogP contribution in [-0.4, -0.2) is 22.4 Å². The predicted molar refractivity (Wildman–Crippen MR) is 94.2 cm³/mol. The lowest BCUT2D eigenvalue weighted by Gasteiger charge is -2.35. The van der Waals surface area contributed by atoms with Crippen LogP contribution in [0.15, 0.2) is 22.7 Å². The van der Waals surface area contributed by atoms with Crippen LogP contribution in [0.2, 0.25) is 5.02 Å². The number of esters is 1. The van der Waals surface area contributed by atoms with E-state index in [2.05, 4.69) is 20.7 Å². The maximum Gasteiger partial charge on any atom is 0.307 e. The summed E-state index contributed by atoms with van der Waals surface area (Å²) in [5.74, 6) is -0.406. The Balaban J connectivity index is 3.27. The van der Waals surface area contributed by atoms with Crippen molar-refractivity contribution in [1.29, 1.82) is 0 Å². The number of hydrogen-bond donors (Lipinski definition) is 1. The van der Waals surface area contributed by atoms with Crippen LogP contribution in [0.25, 0.3) is 0 Å². The molecule has 0 aliphatic heterocycles. The Kier molecular flexibility index (Phi) is 6.77. The molecule has 0 aliphatic carbocycles. The molecule has 0 saturated carbocycles. The Labute approximate surface area is 148 Å². The minimum atomic E-state index is -1.37. The van der Waals surface area contributed by atoms with E-state index in [-0.39, 0.29) is 6.42 Å². The monoisotopic (exact) mass is 409 g/mol. The van der Waals surface area contributed by atoms with Crippen LogP contribution in [0, 0.1) is 0 Å². The lowest BCUT2D eigenvalue weighted by molar-refractivity contribution is -0.142. The molecule has 1 unspecified atom stereocenters. The van der Waals surface area contributed by atoms with Gasteiger partial charge in [0.05, 0.1) is 19.1 Å². The van der Waals surface area contributed by atoms with E-state index >= 15 is 0 Å². The lowest BCUT2D eigenvalue weighted by Crippen LogP contribution is -2.51. The van der Waals surface area contributed by atoms with Gasteiger partial charge < -0.3 is 9.29 Å². The molecule has 1 rings (SSSR count). The summed E-state index contributed by atoms with van der Waals surface area (Å²) in [6, 6.07) is 5.36. The minimum absolute atomic E-state index is 0.0154. The summed E-state index contributed by atoms with van der Waals surface area (Å²) < 4.78 is 20.7. The van der Waals surface area contributed by atoms with Gasteiger partial charge in [0, 0.05) is 20.9 Å². The van der Waals surface area contributed by atoms with Crippen LogP contribution < -0.4 is 4.72 Å². The molecule has 0 radical (unpaired) electrons. The molecule has 4 nitrogen and oxygen atoms in total. The summed E-state index contributed by atoms with van der Waals surface area (Å²) in [5.41, 5.74) is -0.224. The number of halogens is 2. The van der Waals surface area contributed by atoms with Crippen molar-refractivity contribution in [3.63, 3.8) is 0 Å². The summed E-state index contributed by atoms with van der Waals surface area (Å²) in [7, 11) is 1.33. The number of rotatable bonds is 5. The molecular formula is C15H21BrClNO3S. The highest BCUT2D eigenvalue weighted by atomic mass is 79.9. The van der Waals surface area contributed by atoms with E-state index in [4.69, 9.17) is 16.3 Å². The van der Waals surface area contributed by atoms with Crippen molar-refractivity contribution < 1.29 is 14.1 Å².